The van der Waals surface area contributed by atoms with Crippen molar-refractivity contribution in [1.29, 1.82) is 0 Å². The predicted octanol–water partition coefficient (Wildman–Crippen LogP) is 4.61. The normalized spacial score (nSPS) is 16.0. The van der Waals surface area contributed by atoms with E-state index in [2.05, 4.69) is 5.32 Å². The van der Waals surface area contributed by atoms with Gasteiger partial charge >= 0.3 is 6.03 Å². The first-order valence-electron chi connectivity index (χ1n) is 10.9. The smallest absolute Gasteiger partial charge is 0.318 e. The molecule has 0 saturated carbocycles. The molecule has 0 bridgehead atoms. The van der Waals surface area contributed by atoms with Crippen LogP contribution in [-0.2, 0) is 11.2 Å². The molecule has 1 aromatic heterocycles. The van der Waals surface area contributed by atoms with E-state index in [1.54, 1.807) is 33.3 Å². The van der Waals surface area contributed by atoms with E-state index in [0.717, 1.165) is 12.0 Å². The molecule has 3 rings (SSSR count). The molecule has 174 valence electrons. The molecule has 6 nitrogen and oxygen atoms in total. The molecule has 2 heterocycles. The number of urea groups is 1. The molecule has 1 aliphatic rings. The molecular formula is C24H32FN3O3S. The molecule has 0 spiro atoms. The van der Waals surface area contributed by atoms with E-state index in [9.17, 15) is 14.0 Å². The Hall–Kier alpha value is -2.61. The number of carbonyl (C=O) groups is 2. The fraction of sp³-hybridized carbons (Fsp3) is 0.500. The molecule has 1 unspecified atom stereocenters. The number of fused-ring (bicyclic) bond motifs is 1. The largest absolute Gasteiger partial charge is 0.491 e. The van der Waals surface area contributed by atoms with E-state index < -0.39 is 5.54 Å². The van der Waals surface area contributed by atoms with E-state index in [4.69, 9.17) is 4.74 Å². The summed E-state index contributed by atoms with van der Waals surface area (Å²) in [5.41, 5.74) is 0.559. The van der Waals surface area contributed by atoms with Crippen molar-refractivity contribution in [2.75, 3.05) is 19.7 Å². The first-order valence-corrected chi connectivity index (χ1v) is 11.8. The third kappa shape index (κ3) is 5.79. The van der Waals surface area contributed by atoms with Crippen LogP contribution in [0.15, 0.2) is 35.7 Å². The highest BCUT2D eigenvalue weighted by atomic mass is 32.1. The van der Waals surface area contributed by atoms with Crippen LogP contribution in [0.25, 0.3) is 0 Å². The maximum absolute atomic E-state index is 13.4. The van der Waals surface area contributed by atoms with Gasteiger partial charge in [-0.25, -0.2) is 9.18 Å². The highest BCUT2D eigenvalue weighted by Crippen LogP contribution is 2.34. The maximum atomic E-state index is 13.4. The predicted molar refractivity (Wildman–Crippen MR) is 124 cm³/mol. The van der Waals surface area contributed by atoms with E-state index in [1.807, 2.05) is 46.1 Å². The quantitative estimate of drug-likeness (QED) is 0.683. The summed E-state index contributed by atoms with van der Waals surface area (Å²) in [5, 5.41) is 4.92. The SMILES string of the molecule is CC(C)NC(=O)N(CC(=O)N1CCc2sccc2C1COc1ccc(F)cc1)C(C)(C)C. The number of hydrogen-bond acceptors (Lipinski definition) is 4. The number of nitrogens with one attached hydrogen (secondary N) is 1. The van der Waals surface area contributed by atoms with Crippen LogP contribution in [0.1, 0.15) is 51.1 Å². The maximum Gasteiger partial charge on any atom is 0.318 e. The summed E-state index contributed by atoms with van der Waals surface area (Å²) in [6.45, 7) is 10.3. The van der Waals surface area contributed by atoms with Crippen molar-refractivity contribution >= 4 is 23.3 Å². The highest BCUT2D eigenvalue weighted by molar-refractivity contribution is 7.10. The summed E-state index contributed by atoms with van der Waals surface area (Å²) < 4.78 is 19.2. The third-order valence-corrected chi connectivity index (χ3v) is 6.39. The zero-order valence-electron chi connectivity index (χ0n) is 19.4. The van der Waals surface area contributed by atoms with Crippen LogP contribution >= 0.6 is 11.3 Å². The van der Waals surface area contributed by atoms with Gasteiger partial charge in [-0.1, -0.05) is 0 Å². The van der Waals surface area contributed by atoms with Gasteiger partial charge in [0.05, 0.1) is 6.04 Å². The molecule has 0 radical (unpaired) electrons. The van der Waals surface area contributed by atoms with Crippen LogP contribution in [0.4, 0.5) is 9.18 Å². The number of halogens is 1. The van der Waals surface area contributed by atoms with Gasteiger partial charge in [-0.05, 0) is 82.3 Å². The first kappa shape index (κ1) is 24.0. The van der Waals surface area contributed by atoms with Gasteiger partial charge < -0.3 is 19.9 Å². The van der Waals surface area contributed by atoms with Gasteiger partial charge in [0.1, 0.15) is 24.7 Å². The fourth-order valence-electron chi connectivity index (χ4n) is 3.75. The third-order valence-electron chi connectivity index (χ3n) is 5.40. The topological polar surface area (TPSA) is 61.9 Å². The Kier molecular flexibility index (Phi) is 7.44. The van der Waals surface area contributed by atoms with Crippen LogP contribution in [0.2, 0.25) is 0 Å². The highest BCUT2D eigenvalue weighted by Gasteiger charge is 2.36. The molecular weight excluding hydrogens is 429 g/mol. The van der Waals surface area contributed by atoms with E-state index in [1.165, 1.54) is 17.0 Å². The summed E-state index contributed by atoms with van der Waals surface area (Å²) in [5.74, 6) is 0.103. The second-order valence-electron chi connectivity index (χ2n) is 9.28. The lowest BCUT2D eigenvalue weighted by molar-refractivity contribution is -0.136. The van der Waals surface area contributed by atoms with Crippen molar-refractivity contribution < 1.29 is 18.7 Å². The molecule has 2 aromatic rings. The van der Waals surface area contributed by atoms with Crippen molar-refractivity contribution in [3.63, 3.8) is 0 Å². The zero-order valence-corrected chi connectivity index (χ0v) is 20.2. The average Bonchev–Trinajstić information content (AvgIpc) is 3.18. The van der Waals surface area contributed by atoms with E-state index >= 15 is 0 Å². The van der Waals surface area contributed by atoms with E-state index in [0.29, 0.717) is 12.3 Å². The molecule has 1 aliphatic heterocycles. The number of ether oxygens (including phenoxy) is 1. The minimum absolute atomic E-state index is 0.0193. The van der Waals surface area contributed by atoms with Gasteiger partial charge in [0.15, 0.2) is 0 Å². The van der Waals surface area contributed by atoms with Gasteiger partial charge in [0, 0.05) is 23.0 Å². The second-order valence-corrected chi connectivity index (χ2v) is 10.3. The van der Waals surface area contributed by atoms with Crippen molar-refractivity contribution in [3.05, 3.63) is 52.0 Å². The van der Waals surface area contributed by atoms with Gasteiger partial charge in [0.25, 0.3) is 0 Å². The lowest BCUT2D eigenvalue weighted by atomic mass is 10.00. The van der Waals surface area contributed by atoms with Crippen LogP contribution in [-0.4, -0.2) is 53.0 Å². The molecule has 0 fully saturated rings. The zero-order chi connectivity index (χ0) is 23.5. The molecule has 8 heteroatoms. The standard InChI is InChI=1S/C24H32FN3O3S/c1-16(2)26-23(30)28(24(3,4)5)14-22(29)27-12-10-21-19(11-13-32-21)20(27)15-31-18-8-6-17(25)7-9-18/h6-9,11,13,16,20H,10,12,14-15H2,1-5H3,(H,26,30). The Bertz CT molecular complexity index is 937. The number of thiophene rings is 1. The molecule has 1 aromatic carbocycles. The van der Waals surface area contributed by atoms with Crippen molar-refractivity contribution in [2.45, 2.75) is 58.7 Å². The summed E-state index contributed by atoms with van der Waals surface area (Å²) in [6, 6.07) is 7.35. The van der Waals surface area contributed by atoms with Gasteiger partial charge in [0.2, 0.25) is 5.91 Å². The summed E-state index contributed by atoms with van der Waals surface area (Å²) in [7, 11) is 0. The Balaban J connectivity index is 1.79. The lowest BCUT2D eigenvalue weighted by Crippen LogP contribution is -2.56. The Morgan fingerprint density at radius 1 is 1.25 bits per heavy atom. The average molecular weight is 462 g/mol. The van der Waals surface area contributed by atoms with Crippen LogP contribution < -0.4 is 10.1 Å². The number of benzene rings is 1. The van der Waals surface area contributed by atoms with Crippen LogP contribution in [0.3, 0.4) is 0 Å². The van der Waals surface area contributed by atoms with Crippen molar-refractivity contribution in [3.8, 4) is 5.75 Å². The molecule has 32 heavy (non-hydrogen) atoms. The number of rotatable bonds is 6. The fourth-order valence-corrected chi connectivity index (χ4v) is 4.67. The van der Waals surface area contributed by atoms with Crippen LogP contribution in [0.5, 0.6) is 5.75 Å². The van der Waals surface area contributed by atoms with Gasteiger partial charge in [-0.2, -0.15) is 0 Å². The summed E-state index contributed by atoms with van der Waals surface area (Å²) in [6.07, 6.45) is 0.777. The molecule has 0 saturated heterocycles. The summed E-state index contributed by atoms with van der Waals surface area (Å²) in [4.78, 5) is 30.9. The Morgan fingerprint density at radius 2 is 1.94 bits per heavy atom. The molecule has 1 N–H and O–H groups in total. The van der Waals surface area contributed by atoms with Gasteiger partial charge in [-0.3, -0.25) is 4.79 Å². The number of amides is 3. The van der Waals surface area contributed by atoms with Gasteiger partial charge in [-0.15, -0.1) is 11.3 Å². The van der Waals surface area contributed by atoms with Crippen molar-refractivity contribution in [1.82, 2.24) is 15.1 Å². The first-order chi connectivity index (χ1) is 15.1. The molecule has 0 aliphatic carbocycles. The number of carbonyl (C=O) groups excluding carboxylic acids is 2. The minimum atomic E-state index is -0.516. The lowest BCUT2D eigenvalue weighted by Gasteiger charge is -2.40. The Labute approximate surface area is 193 Å². The van der Waals surface area contributed by atoms with Crippen molar-refractivity contribution in [2.24, 2.45) is 0 Å². The minimum Gasteiger partial charge on any atom is -0.491 e. The molecule has 1 atom stereocenters. The number of nitrogens with zero attached hydrogens (tertiary/aromatic N) is 2. The Morgan fingerprint density at radius 3 is 2.56 bits per heavy atom. The second kappa shape index (κ2) is 9.90. The van der Waals surface area contributed by atoms with Crippen LogP contribution in [0, 0.1) is 5.82 Å². The van der Waals surface area contributed by atoms with E-state index in [-0.39, 0.29) is 43.0 Å². The summed E-state index contributed by atoms with van der Waals surface area (Å²) >= 11 is 1.68. The molecule has 3 amide bonds. The monoisotopic (exact) mass is 461 g/mol. The number of hydrogen-bond donors (Lipinski definition) is 1.